The smallest absolute Gasteiger partial charge is 0.408 e. The molecule has 14 heavy (non-hydrogen) atoms. The van der Waals surface area contributed by atoms with E-state index in [4.69, 9.17) is 15.9 Å². The van der Waals surface area contributed by atoms with E-state index < -0.39 is 5.76 Å². The Bertz CT molecular complexity index is 500. The van der Waals surface area contributed by atoms with Gasteiger partial charge < -0.3 is 15.9 Å². The Kier molecular flexibility index (Phi) is 2.11. The minimum atomic E-state index is -0.460. The first kappa shape index (κ1) is 8.98. The van der Waals surface area contributed by atoms with Crippen LogP contribution < -0.4 is 17.2 Å². The van der Waals surface area contributed by atoms with Gasteiger partial charge in [0.2, 0.25) is 0 Å². The molecule has 5 nitrogen and oxygen atoms in total. The van der Waals surface area contributed by atoms with Crippen LogP contribution in [0.4, 0.5) is 0 Å². The molecule has 0 saturated carbocycles. The third kappa shape index (κ3) is 1.43. The maximum Gasteiger partial charge on any atom is 0.417 e. The maximum atomic E-state index is 10.9. The van der Waals surface area contributed by atoms with Gasteiger partial charge in [-0.1, -0.05) is 6.07 Å². The fraction of sp³-hybridized carbons (Fsp3) is 0.222. The molecule has 0 fully saturated rings. The van der Waals surface area contributed by atoms with Crippen LogP contribution in [-0.2, 0) is 0 Å². The molecule has 0 radical (unpaired) electrons. The van der Waals surface area contributed by atoms with E-state index in [9.17, 15) is 4.79 Å². The van der Waals surface area contributed by atoms with Crippen molar-refractivity contribution in [3.05, 3.63) is 34.3 Å². The van der Waals surface area contributed by atoms with Gasteiger partial charge in [-0.05, 0) is 17.7 Å². The molecule has 0 aliphatic carbocycles. The summed E-state index contributed by atoms with van der Waals surface area (Å²) < 4.78 is 4.90. The normalized spacial score (nSPS) is 13.3. The zero-order valence-corrected chi connectivity index (χ0v) is 7.49. The second-order valence-corrected chi connectivity index (χ2v) is 3.11. The molecule has 5 N–H and O–H groups in total. The summed E-state index contributed by atoms with van der Waals surface area (Å²) in [6.07, 6.45) is 0. The highest BCUT2D eigenvalue weighted by Crippen LogP contribution is 2.16. The molecule has 0 amide bonds. The van der Waals surface area contributed by atoms with Gasteiger partial charge >= 0.3 is 5.76 Å². The fourth-order valence-corrected chi connectivity index (χ4v) is 1.33. The first-order chi connectivity index (χ1) is 6.70. The summed E-state index contributed by atoms with van der Waals surface area (Å²) in [5, 5.41) is 0. The molecule has 1 atom stereocenters. The number of aromatic amines is 1. The van der Waals surface area contributed by atoms with Gasteiger partial charge in [-0.15, -0.1) is 0 Å². The number of nitrogens with two attached hydrogens (primary N) is 2. The van der Waals surface area contributed by atoms with Crippen molar-refractivity contribution in [1.82, 2.24) is 4.98 Å². The number of H-pyrrole nitrogens is 1. The van der Waals surface area contributed by atoms with Crippen LogP contribution in [0.15, 0.2) is 27.4 Å². The molecule has 0 aliphatic heterocycles. The number of oxazole rings is 1. The van der Waals surface area contributed by atoms with Crippen LogP contribution in [-0.4, -0.2) is 11.5 Å². The van der Waals surface area contributed by atoms with Crippen molar-refractivity contribution < 1.29 is 4.42 Å². The number of hydrogen-bond donors (Lipinski definition) is 3. The number of fused-ring (bicyclic) bond motifs is 1. The van der Waals surface area contributed by atoms with Gasteiger partial charge in [0.25, 0.3) is 0 Å². The van der Waals surface area contributed by atoms with Crippen LogP contribution >= 0.6 is 0 Å². The zero-order valence-electron chi connectivity index (χ0n) is 7.49. The number of nitrogens with one attached hydrogen (secondary N) is 1. The van der Waals surface area contributed by atoms with E-state index >= 15 is 0 Å². The van der Waals surface area contributed by atoms with Crippen molar-refractivity contribution in [3.63, 3.8) is 0 Å². The van der Waals surface area contributed by atoms with Crippen LogP contribution in [0.2, 0.25) is 0 Å². The largest absolute Gasteiger partial charge is 0.417 e. The van der Waals surface area contributed by atoms with Crippen molar-refractivity contribution in [3.8, 4) is 0 Å². The van der Waals surface area contributed by atoms with Crippen LogP contribution in [0, 0.1) is 0 Å². The highest BCUT2D eigenvalue weighted by molar-refractivity contribution is 5.72. The Morgan fingerprint density at radius 2 is 2.29 bits per heavy atom. The summed E-state index contributed by atoms with van der Waals surface area (Å²) >= 11 is 0. The summed E-state index contributed by atoms with van der Waals surface area (Å²) in [5.41, 5.74) is 13.2. The molecule has 1 aromatic carbocycles. The highest BCUT2D eigenvalue weighted by Gasteiger charge is 2.06. The van der Waals surface area contributed by atoms with Gasteiger partial charge in [-0.3, -0.25) is 4.98 Å². The van der Waals surface area contributed by atoms with Gasteiger partial charge in [0.1, 0.15) is 0 Å². The predicted octanol–water partition coefficient (Wildman–Crippen LogP) is 0.0796. The Morgan fingerprint density at radius 1 is 1.50 bits per heavy atom. The topological polar surface area (TPSA) is 98.0 Å². The Morgan fingerprint density at radius 3 is 3.00 bits per heavy atom. The van der Waals surface area contributed by atoms with Gasteiger partial charge in [-0.25, -0.2) is 4.79 Å². The molecular weight excluding hydrogens is 182 g/mol. The maximum absolute atomic E-state index is 10.9. The molecule has 2 rings (SSSR count). The lowest BCUT2D eigenvalue weighted by Gasteiger charge is -2.07. The standard InChI is InChI=1S/C9H11N3O2/c10-4-6(11)5-1-2-7-8(3-5)14-9(13)12-7/h1-3,6H,4,10-11H2,(H,12,13). The molecule has 2 aromatic rings. The highest BCUT2D eigenvalue weighted by atomic mass is 16.4. The molecule has 0 bridgehead atoms. The van der Waals surface area contributed by atoms with Crippen molar-refractivity contribution >= 4 is 11.1 Å². The number of rotatable bonds is 2. The summed E-state index contributed by atoms with van der Waals surface area (Å²) in [5.74, 6) is -0.460. The SMILES string of the molecule is NCC(N)c1ccc2[nH]c(=O)oc2c1. The van der Waals surface area contributed by atoms with Gasteiger partial charge in [0.15, 0.2) is 5.58 Å². The first-order valence-corrected chi connectivity index (χ1v) is 4.29. The van der Waals surface area contributed by atoms with Crippen LogP contribution in [0.1, 0.15) is 11.6 Å². The molecule has 1 unspecified atom stereocenters. The van der Waals surface area contributed by atoms with E-state index in [1.54, 1.807) is 12.1 Å². The van der Waals surface area contributed by atoms with Crippen LogP contribution in [0.3, 0.4) is 0 Å². The van der Waals surface area contributed by atoms with Crippen molar-refractivity contribution in [2.45, 2.75) is 6.04 Å². The summed E-state index contributed by atoms with van der Waals surface area (Å²) in [7, 11) is 0. The van der Waals surface area contributed by atoms with Crippen molar-refractivity contribution in [2.24, 2.45) is 11.5 Å². The third-order valence-corrected chi connectivity index (χ3v) is 2.13. The second kappa shape index (κ2) is 3.28. The molecule has 1 heterocycles. The summed E-state index contributed by atoms with van der Waals surface area (Å²) in [6, 6.07) is 5.08. The Balaban J connectivity index is 2.55. The van der Waals surface area contributed by atoms with Crippen LogP contribution in [0.25, 0.3) is 11.1 Å². The average Bonchev–Trinajstić information content (AvgIpc) is 2.55. The van der Waals surface area contributed by atoms with E-state index in [2.05, 4.69) is 4.98 Å². The van der Waals surface area contributed by atoms with Crippen molar-refractivity contribution in [2.75, 3.05) is 6.54 Å². The lowest BCUT2D eigenvalue weighted by Crippen LogP contribution is -2.20. The Labute approximate surface area is 79.7 Å². The fourth-order valence-electron chi connectivity index (χ4n) is 1.33. The van der Waals surface area contributed by atoms with E-state index in [0.717, 1.165) is 5.56 Å². The third-order valence-electron chi connectivity index (χ3n) is 2.13. The molecule has 0 aliphatic rings. The summed E-state index contributed by atoms with van der Waals surface area (Å²) in [6.45, 7) is 0.361. The second-order valence-electron chi connectivity index (χ2n) is 3.11. The van der Waals surface area contributed by atoms with Gasteiger partial charge in [0.05, 0.1) is 5.52 Å². The molecule has 0 saturated heterocycles. The van der Waals surface area contributed by atoms with Gasteiger partial charge in [0, 0.05) is 12.6 Å². The zero-order chi connectivity index (χ0) is 10.1. The van der Waals surface area contributed by atoms with E-state index in [1.807, 2.05) is 6.07 Å². The minimum Gasteiger partial charge on any atom is -0.408 e. The van der Waals surface area contributed by atoms with E-state index in [1.165, 1.54) is 0 Å². The number of hydrogen-bond acceptors (Lipinski definition) is 4. The monoisotopic (exact) mass is 193 g/mol. The Hall–Kier alpha value is -1.59. The van der Waals surface area contributed by atoms with Crippen molar-refractivity contribution in [1.29, 1.82) is 0 Å². The average molecular weight is 193 g/mol. The molecule has 74 valence electrons. The molecule has 0 spiro atoms. The predicted molar refractivity (Wildman–Crippen MR) is 52.8 cm³/mol. The van der Waals surface area contributed by atoms with Gasteiger partial charge in [-0.2, -0.15) is 0 Å². The lowest BCUT2D eigenvalue weighted by atomic mass is 10.1. The minimum absolute atomic E-state index is 0.223. The summed E-state index contributed by atoms with van der Waals surface area (Å²) in [4.78, 5) is 13.4. The quantitative estimate of drug-likeness (QED) is 0.629. The van der Waals surface area contributed by atoms with E-state index in [0.29, 0.717) is 17.6 Å². The first-order valence-electron chi connectivity index (χ1n) is 4.29. The van der Waals surface area contributed by atoms with E-state index in [-0.39, 0.29) is 6.04 Å². The lowest BCUT2D eigenvalue weighted by molar-refractivity contribution is 0.554. The molecule has 5 heteroatoms. The molecule has 1 aromatic heterocycles. The number of benzene rings is 1. The number of aromatic nitrogens is 1. The van der Waals surface area contributed by atoms with Crippen LogP contribution in [0.5, 0.6) is 0 Å². The molecular formula is C9H11N3O2.